The SMILES string of the molecule is N#C[C@@H](c1ccccc1)[C@@H](O)C[n+]1ccc2ccccc2c1. The van der Waals surface area contributed by atoms with Crippen molar-refractivity contribution in [3.63, 3.8) is 0 Å². The van der Waals surface area contributed by atoms with Crippen LogP contribution in [-0.2, 0) is 6.54 Å². The molecule has 3 rings (SSSR count). The van der Waals surface area contributed by atoms with E-state index in [0.717, 1.165) is 16.3 Å². The molecule has 0 aliphatic heterocycles. The Kier molecular flexibility index (Phi) is 4.13. The highest BCUT2D eigenvalue weighted by Gasteiger charge is 2.24. The van der Waals surface area contributed by atoms with Crippen molar-refractivity contribution in [3.8, 4) is 6.07 Å². The second kappa shape index (κ2) is 6.38. The third-order valence-corrected chi connectivity index (χ3v) is 3.83. The Bertz CT molecular complexity index is 808. The van der Waals surface area contributed by atoms with Crippen LogP contribution in [0.4, 0.5) is 0 Å². The Morgan fingerprint density at radius 3 is 2.36 bits per heavy atom. The molecule has 0 spiro atoms. The third-order valence-electron chi connectivity index (χ3n) is 3.83. The van der Waals surface area contributed by atoms with Gasteiger partial charge in [-0.25, -0.2) is 4.57 Å². The Hall–Kier alpha value is -2.70. The summed E-state index contributed by atoms with van der Waals surface area (Å²) in [6.45, 7) is 0.387. The zero-order chi connectivity index (χ0) is 15.4. The van der Waals surface area contributed by atoms with Gasteiger partial charge in [0.2, 0.25) is 0 Å². The maximum atomic E-state index is 10.4. The number of aromatic nitrogens is 1. The van der Waals surface area contributed by atoms with Crippen molar-refractivity contribution in [1.29, 1.82) is 5.26 Å². The van der Waals surface area contributed by atoms with Crippen LogP contribution in [0.5, 0.6) is 0 Å². The quantitative estimate of drug-likeness (QED) is 0.751. The summed E-state index contributed by atoms with van der Waals surface area (Å²) in [6.07, 6.45) is 3.18. The first-order valence-corrected chi connectivity index (χ1v) is 7.28. The first-order chi connectivity index (χ1) is 10.8. The molecule has 0 aliphatic carbocycles. The molecule has 3 nitrogen and oxygen atoms in total. The van der Waals surface area contributed by atoms with Crippen LogP contribution in [0.3, 0.4) is 0 Å². The van der Waals surface area contributed by atoms with Gasteiger partial charge in [0, 0.05) is 11.5 Å². The molecule has 0 saturated carbocycles. The lowest BCUT2D eigenvalue weighted by Gasteiger charge is -2.14. The van der Waals surface area contributed by atoms with Crippen LogP contribution in [0.1, 0.15) is 11.5 Å². The van der Waals surface area contributed by atoms with Crippen molar-refractivity contribution in [3.05, 3.63) is 78.6 Å². The van der Waals surface area contributed by atoms with Crippen molar-refractivity contribution in [2.45, 2.75) is 18.6 Å². The molecule has 3 heteroatoms. The van der Waals surface area contributed by atoms with Gasteiger partial charge in [-0.3, -0.25) is 0 Å². The fourth-order valence-corrected chi connectivity index (χ4v) is 2.66. The highest BCUT2D eigenvalue weighted by molar-refractivity contribution is 5.80. The summed E-state index contributed by atoms with van der Waals surface area (Å²) in [7, 11) is 0. The van der Waals surface area contributed by atoms with Gasteiger partial charge in [0.25, 0.3) is 0 Å². The maximum absolute atomic E-state index is 10.4. The average Bonchev–Trinajstić information content (AvgIpc) is 2.56. The molecule has 22 heavy (non-hydrogen) atoms. The van der Waals surface area contributed by atoms with Gasteiger partial charge in [0.1, 0.15) is 12.0 Å². The number of fused-ring (bicyclic) bond motifs is 1. The zero-order valence-corrected chi connectivity index (χ0v) is 12.1. The molecule has 0 unspecified atom stereocenters. The Balaban J connectivity index is 1.82. The van der Waals surface area contributed by atoms with E-state index in [4.69, 9.17) is 0 Å². The van der Waals surface area contributed by atoms with Gasteiger partial charge in [0.05, 0.1) is 6.07 Å². The van der Waals surface area contributed by atoms with Crippen LogP contribution in [-0.4, -0.2) is 11.2 Å². The topological polar surface area (TPSA) is 47.9 Å². The van der Waals surface area contributed by atoms with Crippen LogP contribution in [0, 0.1) is 11.3 Å². The van der Waals surface area contributed by atoms with Crippen molar-refractivity contribution < 1.29 is 9.67 Å². The first-order valence-electron chi connectivity index (χ1n) is 7.28. The van der Waals surface area contributed by atoms with Gasteiger partial charge in [-0.05, 0) is 17.0 Å². The van der Waals surface area contributed by atoms with E-state index >= 15 is 0 Å². The molecule has 0 saturated heterocycles. The van der Waals surface area contributed by atoms with Crippen molar-refractivity contribution in [2.24, 2.45) is 0 Å². The molecule has 0 bridgehead atoms. The van der Waals surface area contributed by atoms with Gasteiger partial charge < -0.3 is 5.11 Å². The number of aliphatic hydroxyl groups is 1. The van der Waals surface area contributed by atoms with E-state index in [1.165, 1.54) is 0 Å². The zero-order valence-electron chi connectivity index (χ0n) is 12.1. The van der Waals surface area contributed by atoms with Gasteiger partial charge in [-0.2, -0.15) is 5.26 Å². The number of benzene rings is 2. The predicted molar refractivity (Wildman–Crippen MR) is 84.9 cm³/mol. The summed E-state index contributed by atoms with van der Waals surface area (Å²) in [5, 5.41) is 22.1. The van der Waals surface area contributed by atoms with Crippen LogP contribution in [0.25, 0.3) is 10.8 Å². The van der Waals surface area contributed by atoms with Gasteiger partial charge >= 0.3 is 0 Å². The molecule has 3 aromatic rings. The minimum atomic E-state index is -0.751. The second-order valence-corrected chi connectivity index (χ2v) is 5.36. The number of hydrogen-bond acceptors (Lipinski definition) is 2. The predicted octanol–water partition coefficient (Wildman–Crippen LogP) is 2.80. The van der Waals surface area contributed by atoms with E-state index in [-0.39, 0.29) is 0 Å². The number of aliphatic hydroxyl groups excluding tert-OH is 1. The van der Waals surface area contributed by atoms with Gasteiger partial charge in [0.15, 0.2) is 18.9 Å². The fraction of sp³-hybridized carbons (Fsp3) is 0.158. The molecule has 108 valence electrons. The maximum Gasteiger partial charge on any atom is 0.176 e. The summed E-state index contributed by atoms with van der Waals surface area (Å²) in [6, 6.07) is 21.7. The molecule has 1 N–H and O–H groups in total. The van der Waals surface area contributed by atoms with E-state index in [1.807, 2.05) is 71.6 Å². The van der Waals surface area contributed by atoms with Gasteiger partial charge in [-0.1, -0.05) is 48.5 Å². The second-order valence-electron chi connectivity index (χ2n) is 5.36. The fourth-order valence-electron chi connectivity index (χ4n) is 2.66. The highest BCUT2D eigenvalue weighted by Crippen LogP contribution is 2.19. The summed E-state index contributed by atoms with van der Waals surface area (Å²) < 4.78 is 1.93. The minimum absolute atomic E-state index is 0.387. The molecular formula is C19H17N2O+. The summed E-state index contributed by atoms with van der Waals surface area (Å²) in [5.41, 5.74) is 0.846. The Morgan fingerprint density at radius 2 is 1.64 bits per heavy atom. The van der Waals surface area contributed by atoms with Crippen molar-refractivity contribution in [1.82, 2.24) is 0 Å². The van der Waals surface area contributed by atoms with Crippen LogP contribution >= 0.6 is 0 Å². The largest absolute Gasteiger partial charge is 0.385 e. The van der Waals surface area contributed by atoms with E-state index < -0.39 is 12.0 Å². The van der Waals surface area contributed by atoms with Crippen molar-refractivity contribution in [2.75, 3.05) is 0 Å². The monoisotopic (exact) mass is 289 g/mol. The van der Waals surface area contributed by atoms with Gasteiger partial charge in [-0.15, -0.1) is 0 Å². The van der Waals surface area contributed by atoms with Crippen molar-refractivity contribution >= 4 is 10.8 Å². The molecule has 0 radical (unpaired) electrons. The van der Waals surface area contributed by atoms with Crippen LogP contribution in [0.2, 0.25) is 0 Å². The molecule has 2 atom stereocenters. The molecule has 0 aliphatic rings. The van der Waals surface area contributed by atoms with E-state index in [9.17, 15) is 10.4 Å². The molecule has 0 fully saturated rings. The molecule has 0 amide bonds. The lowest BCUT2D eigenvalue weighted by Crippen LogP contribution is -2.41. The number of rotatable bonds is 4. The van der Waals surface area contributed by atoms with E-state index in [1.54, 1.807) is 0 Å². The third kappa shape index (κ3) is 2.98. The smallest absolute Gasteiger partial charge is 0.176 e. The van der Waals surface area contributed by atoms with Crippen LogP contribution < -0.4 is 4.57 Å². The Labute approximate surface area is 129 Å². The normalized spacial score (nSPS) is 13.5. The summed E-state index contributed by atoms with van der Waals surface area (Å²) in [5.74, 6) is -0.528. The summed E-state index contributed by atoms with van der Waals surface area (Å²) in [4.78, 5) is 0. The molecule has 1 aromatic heterocycles. The average molecular weight is 289 g/mol. The first kappa shape index (κ1) is 14.2. The molecular weight excluding hydrogens is 272 g/mol. The number of nitrogens with zero attached hydrogens (tertiary/aromatic N) is 2. The molecule has 2 aromatic carbocycles. The highest BCUT2D eigenvalue weighted by atomic mass is 16.3. The van der Waals surface area contributed by atoms with E-state index in [2.05, 4.69) is 12.1 Å². The van der Waals surface area contributed by atoms with E-state index in [0.29, 0.717) is 6.54 Å². The number of nitriles is 1. The van der Waals surface area contributed by atoms with Crippen LogP contribution in [0.15, 0.2) is 73.1 Å². The Morgan fingerprint density at radius 1 is 0.955 bits per heavy atom. The number of hydrogen-bond donors (Lipinski definition) is 1. The number of pyridine rings is 1. The minimum Gasteiger partial charge on any atom is -0.385 e. The standard InChI is InChI=1S/C19H17N2O/c20-12-18(16-7-2-1-3-8-16)19(22)14-21-11-10-15-6-4-5-9-17(15)13-21/h1-11,13,18-19,22H,14H2/q+1/t18-,19-/m0/s1. The lowest BCUT2D eigenvalue weighted by atomic mass is 9.95. The molecule has 1 heterocycles. The summed E-state index contributed by atoms with van der Waals surface area (Å²) >= 11 is 0. The lowest BCUT2D eigenvalue weighted by molar-refractivity contribution is -0.702.